The summed E-state index contributed by atoms with van der Waals surface area (Å²) < 4.78 is 7.27. The lowest BCUT2D eigenvalue weighted by atomic mass is 9.97. The number of rotatable bonds is 5. The Hall–Kier alpha value is -3.42. The second-order valence-electron chi connectivity index (χ2n) is 7.24. The number of fused-ring (bicyclic) bond motifs is 1. The number of benzene rings is 3. The number of carbonyl (C=O) groups is 2. The molecule has 0 fully saturated rings. The molecule has 1 amide bonds. The first kappa shape index (κ1) is 22.8. The second-order valence-corrected chi connectivity index (χ2v) is 8.54. The highest BCUT2D eigenvalue weighted by Crippen LogP contribution is 2.31. The lowest BCUT2D eigenvalue weighted by Crippen LogP contribution is -2.28. The number of para-hydroxylation sites is 1. The zero-order valence-electron chi connectivity index (χ0n) is 17.5. The summed E-state index contributed by atoms with van der Waals surface area (Å²) in [5.74, 6) is -1.29. The molecule has 0 atom stereocenters. The summed E-state index contributed by atoms with van der Waals surface area (Å²) in [6, 6.07) is 21.1. The zero-order chi connectivity index (χ0) is 23.5. The van der Waals surface area contributed by atoms with Crippen LogP contribution in [0.25, 0.3) is 21.9 Å². The summed E-state index contributed by atoms with van der Waals surface area (Å²) in [6.07, 6.45) is 0. The van der Waals surface area contributed by atoms with Gasteiger partial charge in [0.05, 0.1) is 5.69 Å². The predicted molar refractivity (Wildman–Crippen MR) is 133 cm³/mol. The maximum atomic E-state index is 13.1. The molecule has 0 aliphatic heterocycles. The van der Waals surface area contributed by atoms with Crippen LogP contribution in [0.15, 0.2) is 82.1 Å². The number of carbonyl (C=O) groups excluding carboxylic acids is 2. The topological polar surface area (TPSA) is 77.4 Å². The number of anilines is 1. The number of halogens is 2. The van der Waals surface area contributed by atoms with Gasteiger partial charge in [-0.05, 0) is 57.2 Å². The normalized spacial score (nSPS) is 10.8. The first-order chi connectivity index (χ1) is 15.9. The van der Waals surface area contributed by atoms with Gasteiger partial charge in [0.25, 0.3) is 11.5 Å². The van der Waals surface area contributed by atoms with E-state index in [-0.39, 0.29) is 11.3 Å². The molecule has 1 aromatic heterocycles. The molecule has 0 bridgehead atoms. The molecular formula is C25H18BrClN2O4. The van der Waals surface area contributed by atoms with E-state index in [1.54, 1.807) is 66.7 Å². The number of aromatic nitrogens is 1. The van der Waals surface area contributed by atoms with E-state index in [9.17, 15) is 14.4 Å². The number of pyridine rings is 1. The molecular weight excluding hydrogens is 508 g/mol. The predicted octanol–water partition coefficient (Wildman–Crippen LogP) is 5.42. The highest BCUT2D eigenvalue weighted by Gasteiger charge is 2.23. The smallest absolute Gasteiger partial charge is 0.356 e. The van der Waals surface area contributed by atoms with Crippen LogP contribution in [0.1, 0.15) is 10.5 Å². The van der Waals surface area contributed by atoms with E-state index in [2.05, 4.69) is 21.2 Å². The fourth-order valence-electron chi connectivity index (χ4n) is 3.56. The Morgan fingerprint density at radius 2 is 1.61 bits per heavy atom. The number of esters is 1. The molecule has 0 aliphatic carbocycles. The number of amides is 1. The fraction of sp³-hybridized carbons (Fsp3) is 0.0800. The van der Waals surface area contributed by atoms with Gasteiger partial charge in [-0.2, -0.15) is 0 Å². The third-order valence-corrected chi connectivity index (χ3v) is 6.06. The van der Waals surface area contributed by atoms with Gasteiger partial charge in [-0.25, -0.2) is 4.79 Å². The summed E-state index contributed by atoms with van der Waals surface area (Å²) in [4.78, 5) is 38.5. The Bertz CT molecular complexity index is 1430. The van der Waals surface area contributed by atoms with Gasteiger partial charge in [0, 0.05) is 27.5 Å². The van der Waals surface area contributed by atoms with Crippen molar-refractivity contribution in [2.24, 2.45) is 7.05 Å². The fourth-order valence-corrected chi connectivity index (χ4v) is 4.07. The van der Waals surface area contributed by atoms with Crippen molar-refractivity contribution < 1.29 is 14.3 Å². The first-order valence-corrected chi connectivity index (χ1v) is 11.1. The van der Waals surface area contributed by atoms with Crippen molar-refractivity contribution in [3.05, 3.63) is 98.3 Å². The molecule has 0 radical (unpaired) electrons. The highest BCUT2D eigenvalue weighted by atomic mass is 79.9. The maximum absolute atomic E-state index is 13.1. The quantitative estimate of drug-likeness (QED) is 0.353. The lowest BCUT2D eigenvalue weighted by Gasteiger charge is -2.17. The molecule has 166 valence electrons. The van der Waals surface area contributed by atoms with Crippen molar-refractivity contribution in [2.75, 3.05) is 11.9 Å². The van der Waals surface area contributed by atoms with Gasteiger partial charge >= 0.3 is 5.97 Å². The van der Waals surface area contributed by atoms with Crippen molar-refractivity contribution in [3.63, 3.8) is 0 Å². The average Bonchev–Trinajstić information content (AvgIpc) is 2.82. The molecule has 1 heterocycles. The molecule has 0 saturated carbocycles. The molecule has 6 nitrogen and oxygen atoms in total. The number of hydrogen-bond acceptors (Lipinski definition) is 4. The number of nitrogens with one attached hydrogen (secondary N) is 1. The van der Waals surface area contributed by atoms with Crippen LogP contribution in [-0.2, 0) is 16.6 Å². The van der Waals surface area contributed by atoms with E-state index in [0.29, 0.717) is 37.1 Å². The Labute approximate surface area is 202 Å². The summed E-state index contributed by atoms with van der Waals surface area (Å²) >= 11 is 9.40. The molecule has 0 unspecified atom stereocenters. The molecule has 1 N–H and O–H groups in total. The van der Waals surface area contributed by atoms with Crippen LogP contribution in [0.2, 0.25) is 5.02 Å². The van der Waals surface area contributed by atoms with Crippen LogP contribution in [0.5, 0.6) is 0 Å². The third-order valence-electron chi connectivity index (χ3n) is 5.11. The van der Waals surface area contributed by atoms with Crippen LogP contribution < -0.4 is 10.9 Å². The Balaban J connectivity index is 1.71. The van der Waals surface area contributed by atoms with Crippen LogP contribution in [0, 0.1) is 0 Å². The minimum atomic E-state index is -0.785. The van der Waals surface area contributed by atoms with Crippen LogP contribution in [0.3, 0.4) is 0 Å². The molecule has 8 heteroatoms. The van der Waals surface area contributed by atoms with E-state index in [1.807, 2.05) is 6.07 Å². The van der Waals surface area contributed by atoms with Gasteiger partial charge < -0.3 is 14.6 Å². The minimum absolute atomic E-state index is 0.0507. The molecule has 3 aromatic carbocycles. The highest BCUT2D eigenvalue weighted by molar-refractivity contribution is 9.10. The van der Waals surface area contributed by atoms with Crippen molar-refractivity contribution in [2.45, 2.75) is 0 Å². The summed E-state index contributed by atoms with van der Waals surface area (Å²) in [6.45, 7) is -0.513. The molecule has 4 aromatic rings. The van der Waals surface area contributed by atoms with Gasteiger partial charge in [0.2, 0.25) is 0 Å². The lowest BCUT2D eigenvalue weighted by molar-refractivity contribution is -0.119. The molecule has 33 heavy (non-hydrogen) atoms. The van der Waals surface area contributed by atoms with Gasteiger partial charge in [-0.15, -0.1) is 0 Å². The van der Waals surface area contributed by atoms with Crippen molar-refractivity contribution in [1.82, 2.24) is 4.57 Å². The zero-order valence-corrected chi connectivity index (χ0v) is 19.8. The standard InChI is InChI=1S/C25H18BrClN2O4/c1-29-23(25(32)33-14-21(30)28-20-9-5-4-8-19(20)26)22(15-10-12-16(27)13-11-15)17-6-2-3-7-18(17)24(29)31/h2-13H,14H2,1H3,(H,28,30). The van der Waals surface area contributed by atoms with E-state index < -0.39 is 18.5 Å². The van der Waals surface area contributed by atoms with Crippen LogP contribution >= 0.6 is 27.5 Å². The van der Waals surface area contributed by atoms with Crippen LogP contribution in [-0.4, -0.2) is 23.1 Å². The van der Waals surface area contributed by atoms with E-state index in [0.717, 1.165) is 0 Å². The Kier molecular flexibility index (Phi) is 6.62. The average molecular weight is 526 g/mol. The van der Waals surface area contributed by atoms with Gasteiger partial charge in [0.15, 0.2) is 6.61 Å². The van der Waals surface area contributed by atoms with Gasteiger partial charge in [-0.1, -0.05) is 54.1 Å². The maximum Gasteiger partial charge on any atom is 0.356 e. The van der Waals surface area contributed by atoms with Crippen molar-refractivity contribution >= 4 is 55.9 Å². The van der Waals surface area contributed by atoms with E-state index in [1.165, 1.54) is 11.6 Å². The van der Waals surface area contributed by atoms with Gasteiger partial charge in [-0.3, -0.25) is 9.59 Å². The SMILES string of the molecule is Cn1c(C(=O)OCC(=O)Nc2ccccc2Br)c(-c2ccc(Cl)cc2)c2ccccc2c1=O. The molecule has 0 saturated heterocycles. The van der Waals surface area contributed by atoms with Crippen molar-refractivity contribution in [3.8, 4) is 11.1 Å². The van der Waals surface area contributed by atoms with Crippen molar-refractivity contribution in [1.29, 1.82) is 0 Å². The minimum Gasteiger partial charge on any atom is -0.451 e. The molecule has 4 rings (SSSR count). The third kappa shape index (κ3) is 4.69. The monoisotopic (exact) mass is 524 g/mol. The number of hydrogen-bond donors (Lipinski definition) is 1. The first-order valence-electron chi connectivity index (χ1n) is 9.96. The molecule has 0 aliphatic rings. The Morgan fingerprint density at radius 1 is 0.970 bits per heavy atom. The number of ether oxygens (including phenoxy) is 1. The summed E-state index contributed by atoms with van der Waals surface area (Å²) in [7, 11) is 1.51. The van der Waals surface area contributed by atoms with Crippen LogP contribution in [0.4, 0.5) is 5.69 Å². The molecule has 0 spiro atoms. The largest absolute Gasteiger partial charge is 0.451 e. The van der Waals surface area contributed by atoms with E-state index in [4.69, 9.17) is 16.3 Å². The number of nitrogens with zero attached hydrogens (tertiary/aromatic N) is 1. The van der Waals surface area contributed by atoms with Gasteiger partial charge in [0.1, 0.15) is 5.69 Å². The summed E-state index contributed by atoms with van der Waals surface area (Å²) in [5, 5.41) is 4.29. The second kappa shape index (κ2) is 9.60. The van der Waals surface area contributed by atoms with E-state index >= 15 is 0 Å². The Morgan fingerprint density at radius 3 is 2.30 bits per heavy atom. The summed E-state index contributed by atoms with van der Waals surface area (Å²) in [5.41, 5.74) is 1.48.